The first-order valence-electron chi connectivity index (χ1n) is 10.9. The average molecular weight is 622 g/mol. The van der Waals surface area contributed by atoms with Gasteiger partial charge in [0.25, 0.3) is 10.0 Å². The van der Waals surface area contributed by atoms with E-state index < -0.39 is 34.1 Å². The Balaban J connectivity index is 0.00000533. The number of carbonyl (C=O) groups is 2. The predicted molar refractivity (Wildman–Crippen MR) is 142 cm³/mol. The van der Waals surface area contributed by atoms with Crippen LogP contribution >= 0.6 is 34.8 Å². The second-order valence-corrected chi connectivity index (χ2v) is 10.8. The zero-order valence-electron chi connectivity index (χ0n) is 20.6. The Labute approximate surface area is 261 Å². The number of benzene rings is 3. The van der Waals surface area contributed by atoms with Crippen molar-refractivity contribution in [1.82, 2.24) is 4.72 Å². The molecule has 3 aromatic carbocycles. The van der Waals surface area contributed by atoms with Gasteiger partial charge in [0.1, 0.15) is 5.75 Å². The largest absolute Gasteiger partial charge is 1.00 e. The van der Waals surface area contributed by atoms with E-state index in [1.165, 1.54) is 42.5 Å². The number of nitrogens with one attached hydrogen (secondary N) is 2. The number of anilines is 1. The third-order valence-electron chi connectivity index (χ3n) is 4.95. The van der Waals surface area contributed by atoms with Crippen molar-refractivity contribution in [2.75, 3.05) is 5.32 Å². The van der Waals surface area contributed by atoms with Gasteiger partial charge in [0, 0.05) is 17.0 Å². The quantitative estimate of drug-likeness (QED) is 0.354. The van der Waals surface area contributed by atoms with Crippen molar-refractivity contribution in [2.45, 2.75) is 31.1 Å². The van der Waals surface area contributed by atoms with E-state index in [9.17, 15) is 18.0 Å². The third kappa shape index (κ3) is 8.82. The summed E-state index contributed by atoms with van der Waals surface area (Å²) in [7, 11) is -4.14. The van der Waals surface area contributed by atoms with Crippen molar-refractivity contribution in [1.29, 1.82) is 5.26 Å². The van der Waals surface area contributed by atoms with Crippen molar-refractivity contribution >= 4 is 62.3 Å². The van der Waals surface area contributed by atoms with Crippen LogP contribution in [0, 0.1) is 17.1 Å². The van der Waals surface area contributed by atoms with Gasteiger partial charge in [-0.2, -0.15) is 5.26 Å². The molecule has 8 nitrogen and oxygen atoms in total. The Kier molecular flexibility index (Phi) is 12.1. The molecule has 198 valence electrons. The van der Waals surface area contributed by atoms with Gasteiger partial charge in [-0.15, -0.1) is 0 Å². The molecular formula is C25H19Cl3FN3NaO5S+. The molecule has 3 aromatic rings. The van der Waals surface area contributed by atoms with Crippen LogP contribution in [0.5, 0.6) is 11.5 Å². The fourth-order valence-electron chi connectivity index (χ4n) is 3.23. The van der Waals surface area contributed by atoms with Crippen LogP contribution in [0.1, 0.15) is 30.9 Å². The van der Waals surface area contributed by atoms with E-state index in [0.29, 0.717) is 6.42 Å². The number of amides is 2. The van der Waals surface area contributed by atoms with Crippen molar-refractivity contribution in [2.24, 2.45) is 0 Å². The van der Waals surface area contributed by atoms with Gasteiger partial charge >= 0.3 is 29.6 Å². The Hall–Kier alpha value is -2.36. The van der Waals surface area contributed by atoms with Gasteiger partial charge < -0.3 is 10.1 Å². The van der Waals surface area contributed by atoms with Gasteiger partial charge in [-0.25, -0.2) is 17.5 Å². The van der Waals surface area contributed by atoms with E-state index >= 15 is 4.39 Å². The summed E-state index contributed by atoms with van der Waals surface area (Å²) in [5.41, 5.74) is 0.210. The molecule has 2 N–H and O–H groups in total. The van der Waals surface area contributed by atoms with E-state index in [4.69, 9.17) is 44.8 Å². The SMILES string of the molecule is CCCC(=O)NS(=O)(=O)c1ccc(NC(=O)Cc2ccc(Cl)c(Oc3cc(Cl)cc(C#N)c3)c2F)c(Cl)c1.[Na+]. The first-order chi connectivity index (χ1) is 17.9. The minimum atomic E-state index is -4.14. The molecule has 0 aliphatic heterocycles. The first kappa shape index (κ1) is 32.8. The van der Waals surface area contributed by atoms with Gasteiger partial charge in [-0.1, -0.05) is 47.8 Å². The summed E-state index contributed by atoms with van der Waals surface area (Å²) in [5, 5.41) is 11.6. The molecule has 0 atom stereocenters. The summed E-state index contributed by atoms with van der Waals surface area (Å²) in [6, 6.07) is 12.2. The van der Waals surface area contributed by atoms with E-state index in [-0.39, 0.29) is 84.3 Å². The standard InChI is InChI=1S/C25H19Cl3FN3O5S.Na/c1-2-3-22(33)32-38(35,36)18-5-7-21(20(28)12-18)31-23(34)10-15-4-6-19(27)25(24(15)29)37-17-9-14(13-30)8-16(26)11-17;/h4-9,11-12H,2-3,10H2,1H3,(H,31,34)(H,32,33);/q;+1. The number of rotatable bonds is 9. The van der Waals surface area contributed by atoms with Crippen LogP contribution in [0.3, 0.4) is 0 Å². The summed E-state index contributed by atoms with van der Waals surface area (Å²) in [6.45, 7) is 1.73. The van der Waals surface area contributed by atoms with Crippen LogP contribution < -0.4 is 44.3 Å². The van der Waals surface area contributed by atoms with E-state index in [1.54, 1.807) is 6.92 Å². The molecular weight excluding hydrogens is 603 g/mol. The number of nitrogens with zero attached hydrogens (tertiary/aromatic N) is 1. The van der Waals surface area contributed by atoms with Gasteiger partial charge in [-0.3, -0.25) is 9.59 Å². The topological polar surface area (TPSA) is 125 Å². The molecule has 0 radical (unpaired) electrons. The van der Waals surface area contributed by atoms with Crippen LogP contribution in [0.2, 0.25) is 15.1 Å². The van der Waals surface area contributed by atoms with E-state index in [1.807, 2.05) is 10.8 Å². The van der Waals surface area contributed by atoms with Gasteiger partial charge in [0.2, 0.25) is 11.8 Å². The molecule has 14 heteroatoms. The number of sulfonamides is 1. The Morgan fingerprint density at radius 1 is 1.03 bits per heavy atom. The maximum absolute atomic E-state index is 15.2. The normalized spacial score (nSPS) is 10.7. The fourth-order valence-corrected chi connectivity index (χ4v) is 4.97. The molecule has 39 heavy (non-hydrogen) atoms. The van der Waals surface area contributed by atoms with Crippen molar-refractivity contribution < 1.29 is 56.7 Å². The number of halogens is 4. The van der Waals surface area contributed by atoms with Gasteiger partial charge in [0.05, 0.1) is 38.7 Å². The van der Waals surface area contributed by atoms with Crippen LogP contribution in [0.4, 0.5) is 10.1 Å². The average Bonchev–Trinajstić information content (AvgIpc) is 2.84. The number of ether oxygens (including phenoxy) is 1. The molecule has 0 aliphatic rings. The summed E-state index contributed by atoms with van der Waals surface area (Å²) in [5.74, 6) is -2.51. The summed E-state index contributed by atoms with van der Waals surface area (Å²) < 4.78 is 47.4. The van der Waals surface area contributed by atoms with Crippen LogP contribution in [0.25, 0.3) is 0 Å². The van der Waals surface area contributed by atoms with Crippen molar-refractivity contribution in [3.63, 3.8) is 0 Å². The van der Waals surface area contributed by atoms with E-state index in [0.717, 1.165) is 6.07 Å². The molecule has 2 amide bonds. The number of carbonyl (C=O) groups excluding carboxylic acids is 2. The minimum absolute atomic E-state index is 0. The third-order valence-corrected chi connectivity index (χ3v) is 7.15. The molecule has 0 saturated heterocycles. The fraction of sp³-hybridized carbons (Fsp3) is 0.160. The number of nitriles is 1. The summed E-state index contributed by atoms with van der Waals surface area (Å²) in [4.78, 5) is 24.0. The molecule has 3 rings (SSSR count). The Bertz CT molecular complexity index is 1570. The predicted octanol–water partition coefficient (Wildman–Crippen LogP) is 3.24. The van der Waals surface area contributed by atoms with E-state index in [2.05, 4.69) is 5.32 Å². The zero-order valence-corrected chi connectivity index (χ0v) is 25.7. The van der Waals surface area contributed by atoms with Gasteiger partial charge in [-0.05, 0) is 48.9 Å². The zero-order chi connectivity index (χ0) is 28.0. The Morgan fingerprint density at radius 2 is 1.74 bits per heavy atom. The molecule has 0 heterocycles. The van der Waals surface area contributed by atoms with Gasteiger partial charge in [0.15, 0.2) is 11.6 Å². The molecule has 0 aliphatic carbocycles. The second kappa shape index (κ2) is 14.3. The minimum Gasteiger partial charge on any atom is -0.453 e. The van der Waals surface area contributed by atoms with Crippen LogP contribution in [-0.2, 0) is 26.0 Å². The van der Waals surface area contributed by atoms with Crippen LogP contribution in [0.15, 0.2) is 53.4 Å². The monoisotopic (exact) mass is 620 g/mol. The summed E-state index contributed by atoms with van der Waals surface area (Å²) in [6.07, 6.45) is 0.0641. The molecule has 0 spiro atoms. The molecule has 0 aromatic heterocycles. The van der Waals surface area contributed by atoms with Crippen molar-refractivity contribution in [3.8, 4) is 17.6 Å². The Morgan fingerprint density at radius 3 is 2.38 bits per heavy atom. The molecule has 0 bridgehead atoms. The molecule has 0 unspecified atom stereocenters. The summed E-state index contributed by atoms with van der Waals surface area (Å²) >= 11 is 18.2. The molecule has 0 fully saturated rings. The van der Waals surface area contributed by atoms with Crippen molar-refractivity contribution in [3.05, 3.63) is 80.5 Å². The maximum Gasteiger partial charge on any atom is 1.00 e. The molecule has 0 saturated carbocycles. The number of hydrogen-bond acceptors (Lipinski definition) is 6. The number of hydrogen-bond donors (Lipinski definition) is 2. The smallest absolute Gasteiger partial charge is 0.453 e. The first-order valence-corrected chi connectivity index (χ1v) is 13.6. The maximum atomic E-state index is 15.2. The van der Waals surface area contributed by atoms with Crippen LogP contribution in [-0.4, -0.2) is 20.2 Å². The second-order valence-electron chi connectivity index (χ2n) is 7.88.